The van der Waals surface area contributed by atoms with Crippen LogP contribution in [0.15, 0.2) is 0 Å². The van der Waals surface area contributed by atoms with E-state index < -0.39 is 0 Å². The highest BCUT2D eigenvalue weighted by Crippen LogP contribution is 2.50. The summed E-state index contributed by atoms with van der Waals surface area (Å²) in [7, 11) is 2.13. The van der Waals surface area contributed by atoms with Gasteiger partial charge in [0.2, 0.25) is 0 Å². The highest BCUT2D eigenvalue weighted by atomic mass is 15.2. The Morgan fingerprint density at radius 2 is 1.89 bits per heavy atom. The summed E-state index contributed by atoms with van der Waals surface area (Å²) in [5.41, 5.74) is 0. The largest absolute Gasteiger partial charge is 0.317 e. The third-order valence-electron chi connectivity index (χ3n) is 6.92. The third kappa shape index (κ3) is 2.35. The predicted octanol–water partition coefficient (Wildman–Crippen LogP) is 3.13. The second kappa shape index (κ2) is 5.37. The molecule has 0 aromatic heterocycles. The van der Waals surface area contributed by atoms with E-state index in [-0.39, 0.29) is 0 Å². The average Bonchev–Trinajstić information content (AvgIpc) is 3.03. The van der Waals surface area contributed by atoms with Crippen molar-refractivity contribution in [3.8, 4) is 0 Å². The van der Waals surface area contributed by atoms with Crippen molar-refractivity contribution < 1.29 is 0 Å². The van der Waals surface area contributed by atoms with Crippen molar-refractivity contribution in [2.24, 2.45) is 23.7 Å². The Morgan fingerprint density at radius 1 is 1.11 bits per heavy atom. The van der Waals surface area contributed by atoms with Crippen LogP contribution in [-0.4, -0.2) is 36.6 Å². The number of likely N-dealkylation sites (tertiary alicyclic amines) is 1. The number of fused-ring (bicyclic) bond motifs is 2. The van der Waals surface area contributed by atoms with Crippen molar-refractivity contribution in [2.75, 3.05) is 13.6 Å². The Kier molecular flexibility index (Phi) is 3.92. The SMILES string of the molecule is CNC1CCN(C(C)C2CC3CCC2C3)C(C)C1C. The first-order valence-electron chi connectivity index (χ1n) is 8.54. The van der Waals surface area contributed by atoms with Crippen LogP contribution in [0.5, 0.6) is 0 Å². The quantitative estimate of drug-likeness (QED) is 0.842. The van der Waals surface area contributed by atoms with Crippen LogP contribution in [0.1, 0.15) is 52.9 Å². The molecule has 7 atom stereocenters. The van der Waals surface area contributed by atoms with Gasteiger partial charge in [-0.3, -0.25) is 4.90 Å². The molecule has 1 saturated heterocycles. The van der Waals surface area contributed by atoms with Gasteiger partial charge in [0, 0.05) is 24.7 Å². The monoisotopic (exact) mass is 264 g/mol. The van der Waals surface area contributed by atoms with Gasteiger partial charge >= 0.3 is 0 Å². The summed E-state index contributed by atoms with van der Waals surface area (Å²) in [5.74, 6) is 3.92. The molecule has 0 radical (unpaired) electrons. The lowest BCUT2D eigenvalue weighted by molar-refractivity contribution is 0.0197. The zero-order valence-electron chi connectivity index (χ0n) is 13.2. The number of nitrogens with zero attached hydrogens (tertiary/aromatic N) is 1. The Bertz CT molecular complexity index is 316. The van der Waals surface area contributed by atoms with Gasteiger partial charge < -0.3 is 5.32 Å². The lowest BCUT2D eigenvalue weighted by atomic mass is 9.80. The van der Waals surface area contributed by atoms with Crippen molar-refractivity contribution in [2.45, 2.75) is 71.0 Å². The average molecular weight is 264 g/mol. The van der Waals surface area contributed by atoms with Crippen LogP contribution in [0.25, 0.3) is 0 Å². The van der Waals surface area contributed by atoms with Gasteiger partial charge in [0.1, 0.15) is 0 Å². The van der Waals surface area contributed by atoms with Crippen LogP contribution >= 0.6 is 0 Å². The van der Waals surface area contributed by atoms with Crippen LogP contribution < -0.4 is 5.32 Å². The molecule has 2 aliphatic carbocycles. The minimum atomic E-state index is 0.721. The predicted molar refractivity (Wildman–Crippen MR) is 81.2 cm³/mol. The standard InChI is InChI=1S/C17H32N2/c1-11-12(2)19(8-7-17(11)18-4)13(3)16-10-14-5-6-15(16)9-14/h11-18H,5-10H2,1-4H3. The first-order chi connectivity index (χ1) is 9.11. The zero-order valence-corrected chi connectivity index (χ0v) is 13.2. The van der Waals surface area contributed by atoms with Crippen molar-refractivity contribution >= 4 is 0 Å². The minimum absolute atomic E-state index is 0.721. The highest BCUT2D eigenvalue weighted by molar-refractivity contribution is 4.98. The Morgan fingerprint density at radius 3 is 2.47 bits per heavy atom. The second-order valence-corrected chi connectivity index (χ2v) is 7.60. The molecule has 0 amide bonds. The van der Waals surface area contributed by atoms with Crippen molar-refractivity contribution in [1.29, 1.82) is 0 Å². The Labute approximate surface area is 119 Å². The smallest absolute Gasteiger partial charge is 0.0117 e. The molecule has 110 valence electrons. The zero-order chi connectivity index (χ0) is 13.6. The fraction of sp³-hybridized carbons (Fsp3) is 1.00. The van der Waals surface area contributed by atoms with Gasteiger partial charge in [-0.15, -0.1) is 0 Å². The number of hydrogen-bond donors (Lipinski definition) is 1. The van der Waals surface area contributed by atoms with Crippen molar-refractivity contribution in [3.63, 3.8) is 0 Å². The summed E-state index contributed by atoms with van der Waals surface area (Å²) in [6, 6.07) is 2.27. The molecule has 1 N–H and O–H groups in total. The van der Waals surface area contributed by atoms with Gasteiger partial charge in [-0.25, -0.2) is 0 Å². The van der Waals surface area contributed by atoms with Crippen molar-refractivity contribution in [3.05, 3.63) is 0 Å². The van der Waals surface area contributed by atoms with Crippen molar-refractivity contribution in [1.82, 2.24) is 10.2 Å². The normalized spacial score (nSPS) is 48.6. The van der Waals surface area contributed by atoms with E-state index in [0.29, 0.717) is 0 Å². The number of nitrogens with one attached hydrogen (secondary N) is 1. The van der Waals surface area contributed by atoms with E-state index in [1.54, 1.807) is 6.42 Å². The molecular weight excluding hydrogens is 232 g/mol. The number of piperidine rings is 1. The molecule has 1 heterocycles. The minimum Gasteiger partial charge on any atom is -0.317 e. The maximum atomic E-state index is 3.51. The first kappa shape index (κ1) is 13.9. The van der Waals surface area contributed by atoms with Gasteiger partial charge in [-0.1, -0.05) is 13.3 Å². The molecule has 7 unspecified atom stereocenters. The lowest BCUT2D eigenvalue weighted by Gasteiger charge is -2.48. The molecule has 2 saturated carbocycles. The summed E-state index contributed by atoms with van der Waals surface area (Å²) < 4.78 is 0. The fourth-order valence-corrected chi connectivity index (χ4v) is 5.51. The van der Waals surface area contributed by atoms with E-state index in [9.17, 15) is 0 Å². The fourth-order valence-electron chi connectivity index (χ4n) is 5.51. The second-order valence-electron chi connectivity index (χ2n) is 7.60. The molecule has 19 heavy (non-hydrogen) atoms. The van der Waals surface area contributed by atoms with Gasteiger partial charge in [-0.05, 0) is 70.3 Å². The number of rotatable bonds is 3. The molecular formula is C17H32N2. The highest BCUT2D eigenvalue weighted by Gasteiger charge is 2.45. The summed E-state index contributed by atoms with van der Waals surface area (Å²) in [5, 5.41) is 3.51. The van der Waals surface area contributed by atoms with Gasteiger partial charge in [-0.2, -0.15) is 0 Å². The molecule has 3 aliphatic rings. The summed E-state index contributed by atoms with van der Waals surface area (Å²) in [6.07, 6.45) is 7.45. The summed E-state index contributed by atoms with van der Waals surface area (Å²) >= 11 is 0. The maximum Gasteiger partial charge on any atom is 0.0117 e. The maximum absolute atomic E-state index is 3.51. The third-order valence-corrected chi connectivity index (χ3v) is 6.92. The van der Waals surface area contributed by atoms with Crippen LogP contribution in [0.2, 0.25) is 0 Å². The molecule has 1 aliphatic heterocycles. The van der Waals surface area contributed by atoms with E-state index in [1.807, 2.05) is 0 Å². The topological polar surface area (TPSA) is 15.3 Å². The van der Waals surface area contributed by atoms with E-state index in [4.69, 9.17) is 0 Å². The van der Waals surface area contributed by atoms with Gasteiger partial charge in [0.05, 0.1) is 0 Å². The molecule has 0 aromatic rings. The van der Waals surface area contributed by atoms with Crippen LogP contribution in [0.4, 0.5) is 0 Å². The van der Waals surface area contributed by atoms with E-state index in [1.165, 1.54) is 32.2 Å². The molecule has 0 aromatic carbocycles. The van der Waals surface area contributed by atoms with E-state index >= 15 is 0 Å². The van der Waals surface area contributed by atoms with Gasteiger partial charge in [0.25, 0.3) is 0 Å². The molecule has 3 fully saturated rings. The molecule has 0 spiro atoms. The first-order valence-corrected chi connectivity index (χ1v) is 8.54. The van der Waals surface area contributed by atoms with E-state index in [0.717, 1.165) is 41.8 Å². The Hall–Kier alpha value is -0.0800. The van der Waals surface area contributed by atoms with Crippen LogP contribution in [0.3, 0.4) is 0 Å². The van der Waals surface area contributed by atoms with Gasteiger partial charge in [0.15, 0.2) is 0 Å². The summed E-state index contributed by atoms with van der Waals surface area (Å²) in [6.45, 7) is 8.71. The summed E-state index contributed by atoms with van der Waals surface area (Å²) in [4.78, 5) is 2.84. The Balaban J connectivity index is 1.65. The van der Waals surface area contributed by atoms with Crippen LogP contribution in [0, 0.1) is 23.7 Å². The lowest BCUT2D eigenvalue weighted by Crippen LogP contribution is -2.57. The molecule has 2 nitrogen and oxygen atoms in total. The molecule has 2 heteroatoms. The molecule has 2 bridgehead atoms. The van der Waals surface area contributed by atoms with Crippen LogP contribution in [-0.2, 0) is 0 Å². The molecule has 3 rings (SSSR count). The number of hydrogen-bond acceptors (Lipinski definition) is 2. The van der Waals surface area contributed by atoms with E-state index in [2.05, 4.69) is 38.0 Å².